The lowest BCUT2D eigenvalue weighted by atomic mass is 9.97. The van der Waals surface area contributed by atoms with Crippen LogP contribution >= 0.6 is 0 Å². The monoisotopic (exact) mass is 441 g/mol. The molecule has 0 spiro atoms. The molecule has 4 amide bonds. The predicted octanol–water partition coefficient (Wildman–Crippen LogP) is -1.06. The Morgan fingerprint density at radius 3 is 2.23 bits per heavy atom. The normalized spacial score (nSPS) is 19.9. The Hall–Kier alpha value is -2.69. The highest BCUT2D eigenvalue weighted by molar-refractivity contribution is 5.95. The van der Waals surface area contributed by atoms with Crippen LogP contribution in [0.2, 0.25) is 0 Å². The zero-order chi connectivity index (χ0) is 23.9. The van der Waals surface area contributed by atoms with E-state index in [1.54, 1.807) is 6.92 Å². The van der Waals surface area contributed by atoms with Crippen LogP contribution < -0.4 is 22.1 Å². The smallest absolute Gasteiger partial charge is 0.326 e. The molecule has 1 aliphatic heterocycles. The summed E-state index contributed by atoms with van der Waals surface area (Å²) >= 11 is 0. The van der Waals surface area contributed by atoms with Gasteiger partial charge in [-0.05, 0) is 24.7 Å². The van der Waals surface area contributed by atoms with Crippen LogP contribution in [0.15, 0.2) is 0 Å². The van der Waals surface area contributed by atoms with Crippen molar-refractivity contribution in [2.45, 2.75) is 77.5 Å². The van der Waals surface area contributed by atoms with Gasteiger partial charge >= 0.3 is 5.97 Å². The van der Waals surface area contributed by atoms with Crippen molar-refractivity contribution in [3.63, 3.8) is 0 Å². The van der Waals surface area contributed by atoms with Gasteiger partial charge in [0.1, 0.15) is 18.1 Å². The van der Waals surface area contributed by atoms with Crippen molar-refractivity contribution in [2.24, 2.45) is 23.3 Å². The van der Waals surface area contributed by atoms with E-state index < -0.39 is 54.3 Å². The van der Waals surface area contributed by atoms with Gasteiger partial charge in [0.25, 0.3) is 0 Å². The van der Waals surface area contributed by atoms with Crippen molar-refractivity contribution in [1.29, 1.82) is 0 Å². The predicted molar refractivity (Wildman–Crippen MR) is 112 cm³/mol. The fourth-order valence-electron chi connectivity index (χ4n) is 3.39. The number of aliphatic carboxylic acids is 1. The minimum atomic E-state index is -1.50. The Bertz CT molecular complexity index is 698. The number of hydrogen-bond acceptors (Lipinski definition) is 6. The fourth-order valence-corrected chi connectivity index (χ4v) is 3.39. The molecule has 0 radical (unpaired) electrons. The van der Waals surface area contributed by atoms with Gasteiger partial charge in [-0.25, -0.2) is 4.79 Å². The maximum absolute atomic E-state index is 13.0. The van der Waals surface area contributed by atoms with E-state index in [-0.39, 0.29) is 17.7 Å². The third-order valence-electron chi connectivity index (χ3n) is 5.66. The summed E-state index contributed by atoms with van der Waals surface area (Å²) in [5.41, 5.74) is 11.0. The molecular weight excluding hydrogens is 406 g/mol. The number of carbonyl (C=O) groups is 5. The summed E-state index contributed by atoms with van der Waals surface area (Å²) in [6.45, 7) is 7.60. The lowest BCUT2D eigenvalue weighted by Gasteiger charge is -2.31. The van der Waals surface area contributed by atoms with Gasteiger partial charge in [-0.1, -0.05) is 34.1 Å². The summed E-state index contributed by atoms with van der Waals surface area (Å²) in [4.78, 5) is 62.3. The van der Waals surface area contributed by atoms with Crippen LogP contribution in [0.4, 0.5) is 0 Å². The number of nitrogens with zero attached hydrogens (tertiary/aromatic N) is 1. The number of amides is 4. The number of nitrogens with two attached hydrogens (primary N) is 2. The van der Waals surface area contributed by atoms with Crippen molar-refractivity contribution in [3.05, 3.63) is 0 Å². The molecule has 11 heteroatoms. The van der Waals surface area contributed by atoms with Gasteiger partial charge in [-0.2, -0.15) is 0 Å². The highest BCUT2D eigenvalue weighted by Crippen LogP contribution is 2.20. The average molecular weight is 442 g/mol. The largest absolute Gasteiger partial charge is 0.480 e. The summed E-state index contributed by atoms with van der Waals surface area (Å²) in [7, 11) is 0. The van der Waals surface area contributed by atoms with Gasteiger partial charge in [0.05, 0.1) is 12.5 Å². The van der Waals surface area contributed by atoms with Gasteiger partial charge in [-0.15, -0.1) is 0 Å². The van der Waals surface area contributed by atoms with E-state index in [1.165, 1.54) is 4.90 Å². The van der Waals surface area contributed by atoms with Crippen molar-refractivity contribution in [3.8, 4) is 0 Å². The van der Waals surface area contributed by atoms with Crippen LogP contribution in [-0.4, -0.2) is 70.3 Å². The minimum Gasteiger partial charge on any atom is -0.480 e. The molecule has 5 unspecified atom stereocenters. The Morgan fingerprint density at radius 2 is 1.74 bits per heavy atom. The number of rotatable bonds is 11. The molecule has 0 aromatic heterocycles. The Kier molecular flexibility index (Phi) is 9.89. The molecule has 0 aliphatic carbocycles. The van der Waals surface area contributed by atoms with Crippen LogP contribution in [0.1, 0.15) is 53.4 Å². The molecule has 7 N–H and O–H groups in total. The number of primary amides is 1. The highest BCUT2D eigenvalue weighted by Gasteiger charge is 2.39. The number of nitrogens with one attached hydrogen (secondary N) is 2. The number of carbonyl (C=O) groups excluding carboxylic acids is 4. The molecule has 5 atom stereocenters. The topological polar surface area (TPSA) is 185 Å². The molecule has 1 aliphatic rings. The quantitative estimate of drug-likeness (QED) is 0.270. The van der Waals surface area contributed by atoms with Crippen LogP contribution in [0.3, 0.4) is 0 Å². The molecule has 0 saturated carbocycles. The standard InChI is InChI=1S/C20H35N5O6/c1-5-11(4)16(18(28)23-12(20(30)31)9-14(21)26)24-17(27)13-7-6-8-25(13)19(29)15(22)10(2)3/h10-13,15-16H,5-9,22H2,1-4H3,(H2,21,26)(H,23,28)(H,24,27)(H,30,31). The molecule has 31 heavy (non-hydrogen) atoms. The van der Waals surface area contributed by atoms with E-state index >= 15 is 0 Å². The zero-order valence-corrected chi connectivity index (χ0v) is 18.6. The van der Waals surface area contributed by atoms with E-state index in [9.17, 15) is 29.1 Å². The Balaban J connectivity index is 2.97. The maximum atomic E-state index is 13.0. The van der Waals surface area contributed by atoms with Gasteiger partial charge in [0.15, 0.2) is 0 Å². The molecule has 0 bridgehead atoms. The molecule has 1 rings (SSSR count). The second-order valence-corrected chi connectivity index (χ2v) is 8.40. The fraction of sp³-hybridized carbons (Fsp3) is 0.750. The van der Waals surface area contributed by atoms with Gasteiger partial charge in [-0.3, -0.25) is 19.2 Å². The van der Waals surface area contributed by atoms with E-state index in [1.807, 2.05) is 20.8 Å². The highest BCUT2D eigenvalue weighted by atomic mass is 16.4. The first-order valence-corrected chi connectivity index (χ1v) is 10.6. The summed E-state index contributed by atoms with van der Waals surface area (Å²) in [6, 6.07) is -4.02. The zero-order valence-electron chi connectivity index (χ0n) is 18.6. The van der Waals surface area contributed by atoms with Gasteiger partial charge < -0.3 is 32.1 Å². The molecule has 0 aromatic carbocycles. The summed E-state index contributed by atoms with van der Waals surface area (Å²) < 4.78 is 0. The summed E-state index contributed by atoms with van der Waals surface area (Å²) in [5.74, 6) is -4.24. The van der Waals surface area contributed by atoms with Crippen molar-refractivity contribution < 1.29 is 29.1 Å². The first kappa shape index (κ1) is 26.3. The summed E-state index contributed by atoms with van der Waals surface area (Å²) in [5, 5.41) is 14.2. The first-order valence-electron chi connectivity index (χ1n) is 10.6. The number of hydrogen-bond donors (Lipinski definition) is 5. The van der Waals surface area contributed by atoms with Crippen LogP contribution in [0, 0.1) is 11.8 Å². The lowest BCUT2D eigenvalue weighted by molar-refractivity contribution is -0.144. The van der Waals surface area contributed by atoms with E-state index in [0.29, 0.717) is 25.8 Å². The van der Waals surface area contributed by atoms with E-state index in [4.69, 9.17) is 11.5 Å². The Labute approximate surface area is 182 Å². The second-order valence-electron chi connectivity index (χ2n) is 8.40. The molecule has 1 heterocycles. The third-order valence-corrected chi connectivity index (χ3v) is 5.66. The second kappa shape index (κ2) is 11.6. The molecule has 1 fully saturated rings. The molecular formula is C20H35N5O6. The summed E-state index contributed by atoms with van der Waals surface area (Å²) in [6.07, 6.45) is 1.03. The van der Waals surface area contributed by atoms with Crippen LogP contribution in [0.5, 0.6) is 0 Å². The average Bonchev–Trinajstić information content (AvgIpc) is 3.18. The van der Waals surface area contributed by atoms with Crippen molar-refractivity contribution >= 4 is 29.6 Å². The van der Waals surface area contributed by atoms with Gasteiger partial charge in [0, 0.05) is 6.54 Å². The van der Waals surface area contributed by atoms with E-state index in [0.717, 1.165) is 0 Å². The first-order chi connectivity index (χ1) is 14.4. The van der Waals surface area contributed by atoms with Gasteiger partial charge in [0.2, 0.25) is 23.6 Å². The number of likely N-dealkylation sites (tertiary alicyclic amines) is 1. The van der Waals surface area contributed by atoms with E-state index in [2.05, 4.69) is 10.6 Å². The number of carboxylic acids is 1. The lowest BCUT2D eigenvalue weighted by Crippen LogP contribution is -2.58. The molecule has 1 saturated heterocycles. The van der Waals surface area contributed by atoms with Crippen LogP contribution in [0.25, 0.3) is 0 Å². The Morgan fingerprint density at radius 1 is 1.13 bits per heavy atom. The van der Waals surface area contributed by atoms with Crippen LogP contribution in [-0.2, 0) is 24.0 Å². The number of carboxylic acid groups (broad SMARTS) is 1. The SMILES string of the molecule is CCC(C)C(NC(=O)C1CCCN1C(=O)C(N)C(C)C)C(=O)NC(CC(N)=O)C(=O)O. The third kappa shape index (κ3) is 7.20. The van der Waals surface area contributed by atoms with Crippen molar-refractivity contribution in [2.75, 3.05) is 6.54 Å². The minimum absolute atomic E-state index is 0.0892. The molecule has 176 valence electrons. The molecule has 0 aromatic rings. The van der Waals surface area contributed by atoms with Crippen molar-refractivity contribution in [1.82, 2.24) is 15.5 Å². The maximum Gasteiger partial charge on any atom is 0.326 e. The molecule has 11 nitrogen and oxygen atoms in total.